The first-order valence-electron chi connectivity index (χ1n) is 11.4. The van der Waals surface area contributed by atoms with Crippen LogP contribution >= 0.6 is 0 Å². The number of benzene rings is 2. The van der Waals surface area contributed by atoms with E-state index in [0.717, 1.165) is 49.7 Å². The van der Waals surface area contributed by atoms with Gasteiger partial charge in [0.15, 0.2) is 0 Å². The molecule has 1 aromatic heterocycles. The predicted octanol–water partition coefficient (Wildman–Crippen LogP) is 5.35. The summed E-state index contributed by atoms with van der Waals surface area (Å²) in [6, 6.07) is 21.3. The Balaban J connectivity index is 1.75. The van der Waals surface area contributed by atoms with Crippen LogP contribution in [0.4, 0.5) is 0 Å². The summed E-state index contributed by atoms with van der Waals surface area (Å²) < 4.78 is 6.38. The van der Waals surface area contributed by atoms with Gasteiger partial charge in [0.1, 0.15) is 17.3 Å². The van der Waals surface area contributed by atoms with E-state index in [2.05, 4.69) is 6.07 Å². The summed E-state index contributed by atoms with van der Waals surface area (Å²) in [5.41, 5.74) is 2.67. The van der Waals surface area contributed by atoms with Crippen molar-refractivity contribution in [2.24, 2.45) is 0 Å². The number of nitrogens with zero attached hydrogens (tertiary/aromatic N) is 3. The molecular formula is C27H29N3O3. The third-order valence-electron chi connectivity index (χ3n) is 5.45. The first-order chi connectivity index (χ1) is 16.1. The van der Waals surface area contributed by atoms with Crippen molar-refractivity contribution >= 4 is 5.97 Å². The molecule has 33 heavy (non-hydrogen) atoms. The van der Waals surface area contributed by atoms with E-state index in [9.17, 15) is 14.9 Å². The fourth-order valence-electron chi connectivity index (χ4n) is 3.80. The Kier molecular flexibility index (Phi) is 8.96. The normalized spacial score (nSPS) is 10.5. The Bertz CT molecular complexity index is 1150. The topological polar surface area (TPSA) is 85.0 Å². The van der Waals surface area contributed by atoms with Gasteiger partial charge < -0.3 is 4.74 Å². The second-order valence-corrected chi connectivity index (χ2v) is 7.93. The second-order valence-electron chi connectivity index (χ2n) is 7.93. The zero-order chi connectivity index (χ0) is 23.5. The molecule has 6 heteroatoms. The van der Waals surface area contributed by atoms with Gasteiger partial charge in [-0.25, -0.2) is 4.68 Å². The molecule has 0 atom stereocenters. The van der Waals surface area contributed by atoms with E-state index in [4.69, 9.17) is 9.84 Å². The summed E-state index contributed by atoms with van der Waals surface area (Å²) in [7, 11) is 0. The number of hydrogen-bond donors (Lipinski definition) is 0. The first kappa shape index (κ1) is 23.9. The second kappa shape index (κ2) is 12.4. The molecule has 0 fully saturated rings. The smallest absolute Gasteiger partial charge is 0.302 e. The SMILES string of the molecule is CC(=O)OCCCCCCCCn1nc(-c2ccccc2)c(-c2ccccc2)c(C#N)c1=O. The Morgan fingerprint density at radius 3 is 2.09 bits per heavy atom. The number of carbonyl (C=O) groups excluding carboxylic acids is 1. The van der Waals surface area contributed by atoms with Crippen LogP contribution in [0.5, 0.6) is 0 Å². The van der Waals surface area contributed by atoms with Crippen molar-refractivity contribution in [1.29, 1.82) is 5.26 Å². The van der Waals surface area contributed by atoms with Gasteiger partial charge in [0.05, 0.1) is 6.61 Å². The van der Waals surface area contributed by atoms with Crippen molar-refractivity contribution in [3.05, 3.63) is 76.6 Å². The molecule has 0 aliphatic rings. The lowest BCUT2D eigenvalue weighted by Gasteiger charge is -2.14. The summed E-state index contributed by atoms with van der Waals surface area (Å²) in [6.07, 6.45) is 5.73. The molecule has 3 rings (SSSR count). The molecule has 170 valence electrons. The van der Waals surface area contributed by atoms with Gasteiger partial charge in [-0.3, -0.25) is 9.59 Å². The number of ether oxygens (including phenoxy) is 1. The minimum Gasteiger partial charge on any atom is -0.466 e. The van der Waals surface area contributed by atoms with Crippen LogP contribution in [0, 0.1) is 11.3 Å². The predicted molar refractivity (Wildman–Crippen MR) is 128 cm³/mol. The minimum absolute atomic E-state index is 0.125. The van der Waals surface area contributed by atoms with Gasteiger partial charge in [-0.15, -0.1) is 0 Å². The molecule has 0 aliphatic carbocycles. The Hall–Kier alpha value is -3.72. The van der Waals surface area contributed by atoms with E-state index in [-0.39, 0.29) is 17.1 Å². The third-order valence-corrected chi connectivity index (χ3v) is 5.45. The van der Waals surface area contributed by atoms with E-state index >= 15 is 0 Å². The third kappa shape index (κ3) is 6.63. The highest BCUT2D eigenvalue weighted by atomic mass is 16.5. The van der Waals surface area contributed by atoms with Crippen LogP contribution in [0.3, 0.4) is 0 Å². The molecule has 0 spiro atoms. The Labute approximate surface area is 194 Å². The Morgan fingerprint density at radius 2 is 1.48 bits per heavy atom. The van der Waals surface area contributed by atoms with E-state index < -0.39 is 0 Å². The van der Waals surface area contributed by atoms with Crippen LogP contribution in [0.15, 0.2) is 65.5 Å². The molecular weight excluding hydrogens is 414 g/mol. The zero-order valence-corrected chi connectivity index (χ0v) is 19.0. The van der Waals surface area contributed by atoms with Gasteiger partial charge in [-0.05, 0) is 18.4 Å². The first-order valence-corrected chi connectivity index (χ1v) is 11.4. The number of esters is 1. The van der Waals surface area contributed by atoms with E-state index in [0.29, 0.717) is 24.4 Å². The molecule has 0 bridgehead atoms. The zero-order valence-electron chi connectivity index (χ0n) is 19.0. The standard InChI is InChI=1S/C27H29N3O3/c1-21(31)33-19-13-5-3-2-4-12-18-30-27(32)24(20-28)25(22-14-8-6-9-15-22)26(29-30)23-16-10-7-11-17-23/h6-11,14-17H,2-5,12-13,18-19H2,1H3. The number of hydrogen-bond acceptors (Lipinski definition) is 5. The van der Waals surface area contributed by atoms with E-state index in [1.807, 2.05) is 60.7 Å². The molecule has 0 N–H and O–H groups in total. The molecule has 0 radical (unpaired) electrons. The van der Waals surface area contributed by atoms with Crippen molar-refractivity contribution < 1.29 is 9.53 Å². The summed E-state index contributed by atoms with van der Waals surface area (Å²) in [5.74, 6) is -0.238. The van der Waals surface area contributed by atoms with Crippen LogP contribution in [0.1, 0.15) is 51.0 Å². The number of rotatable bonds is 11. The highest BCUT2D eigenvalue weighted by molar-refractivity contribution is 5.84. The lowest BCUT2D eigenvalue weighted by atomic mass is 9.96. The average Bonchev–Trinajstić information content (AvgIpc) is 2.84. The summed E-state index contributed by atoms with van der Waals surface area (Å²) in [4.78, 5) is 23.9. The van der Waals surface area contributed by atoms with Crippen molar-refractivity contribution in [2.45, 2.75) is 52.0 Å². The maximum absolute atomic E-state index is 13.1. The van der Waals surface area contributed by atoms with Crippen LogP contribution in [-0.2, 0) is 16.1 Å². The van der Waals surface area contributed by atoms with Crippen LogP contribution in [0.2, 0.25) is 0 Å². The van der Waals surface area contributed by atoms with Gasteiger partial charge in [0.2, 0.25) is 0 Å². The van der Waals surface area contributed by atoms with Gasteiger partial charge in [0, 0.05) is 24.6 Å². The van der Waals surface area contributed by atoms with Crippen LogP contribution in [0.25, 0.3) is 22.4 Å². The van der Waals surface area contributed by atoms with Gasteiger partial charge in [0.25, 0.3) is 5.56 Å². The summed E-state index contributed by atoms with van der Waals surface area (Å²) in [5, 5.41) is 14.6. The molecule has 0 unspecified atom stereocenters. The highest BCUT2D eigenvalue weighted by Crippen LogP contribution is 2.31. The largest absolute Gasteiger partial charge is 0.466 e. The maximum Gasteiger partial charge on any atom is 0.302 e. The number of aromatic nitrogens is 2. The molecule has 0 saturated carbocycles. The number of unbranched alkanes of at least 4 members (excludes halogenated alkanes) is 5. The lowest BCUT2D eigenvalue weighted by molar-refractivity contribution is -0.141. The highest BCUT2D eigenvalue weighted by Gasteiger charge is 2.20. The summed E-state index contributed by atoms with van der Waals surface area (Å²) in [6.45, 7) is 2.36. The summed E-state index contributed by atoms with van der Waals surface area (Å²) >= 11 is 0. The Morgan fingerprint density at radius 1 is 0.909 bits per heavy atom. The molecule has 1 heterocycles. The molecule has 0 saturated heterocycles. The van der Waals surface area contributed by atoms with E-state index in [1.54, 1.807) is 0 Å². The molecule has 6 nitrogen and oxygen atoms in total. The van der Waals surface area contributed by atoms with Crippen LogP contribution in [-0.4, -0.2) is 22.4 Å². The lowest BCUT2D eigenvalue weighted by Crippen LogP contribution is -2.27. The minimum atomic E-state index is -0.350. The molecule has 0 amide bonds. The monoisotopic (exact) mass is 443 g/mol. The number of nitriles is 1. The van der Waals surface area contributed by atoms with Crippen molar-refractivity contribution in [3.63, 3.8) is 0 Å². The fourth-order valence-corrected chi connectivity index (χ4v) is 3.80. The van der Waals surface area contributed by atoms with Gasteiger partial charge in [-0.2, -0.15) is 10.4 Å². The van der Waals surface area contributed by atoms with Crippen molar-refractivity contribution in [3.8, 4) is 28.5 Å². The van der Waals surface area contributed by atoms with Crippen molar-refractivity contribution in [2.75, 3.05) is 6.61 Å². The fraction of sp³-hybridized carbons (Fsp3) is 0.333. The average molecular weight is 444 g/mol. The van der Waals surface area contributed by atoms with Crippen molar-refractivity contribution in [1.82, 2.24) is 9.78 Å². The maximum atomic E-state index is 13.1. The molecule has 2 aromatic carbocycles. The van der Waals surface area contributed by atoms with Gasteiger partial charge >= 0.3 is 5.97 Å². The quantitative estimate of drug-likeness (QED) is 0.294. The van der Waals surface area contributed by atoms with Gasteiger partial charge in [-0.1, -0.05) is 86.3 Å². The molecule has 0 aliphatic heterocycles. The van der Waals surface area contributed by atoms with Crippen LogP contribution < -0.4 is 5.56 Å². The number of aryl methyl sites for hydroxylation is 1. The molecule has 3 aromatic rings. The van der Waals surface area contributed by atoms with E-state index in [1.165, 1.54) is 11.6 Å². The number of carbonyl (C=O) groups is 1.